The van der Waals surface area contributed by atoms with Gasteiger partial charge in [-0.1, -0.05) is 18.2 Å². The summed E-state index contributed by atoms with van der Waals surface area (Å²) in [5.41, 5.74) is 1.34. The Bertz CT molecular complexity index is 342. The molecule has 14 heavy (non-hydrogen) atoms. The first kappa shape index (κ1) is 11.6. The van der Waals surface area contributed by atoms with E-state index in [4.69, 9.17) is 0 Å². The van der Waals surface area contributed by atoms with E-state index in [0.717, 1.165) is 0 Å². The second-order valence-corrected chi connectivity index (χ2v) is 4.05. The van der Waals surface area contributed by atoms with Crippen molar-refractivity contribution in [3.05, 3.63) is 44.9 Å². The molecule has 0 saturated heterocycles. The number of rotatable bonds is 2. The van der Waals surface area contributed by atoms with Gasteiger partial charge in [0.05, 0.1) is 0 Å². The zero-order valence-corrected chi connectivity index (χ0v) is 10.1. The Morgan fingerprint density at radius 2 is 1.43 bits per heavy atom. The smallest absolute Gasteiger partial charge is 0.166 e. The fourth-order valence-electron chi connectivity index (χ4n) is 0.991. The van der Waals surface area contributed by atoms with Crippen LogP contribution in [0.4, 0.5) is 8.78 Å². The summed E-state index contributed by atoms with van der Waals surface area (Å²) in [4.78, 5) is 0. The van der Waals surface area contributed by atoms with Gasteiger partial charge in [0.15, 0.2) is 9.47 Å². The number of hydrogen-bond acceptors (Lipinski definition) is 0. The number of hydrogen-bond donors (Lipinski definition) is 0. The number of benzene rings is 1. The molecule has 0 aliphatic rings. The maximum atomic E-state index is 12.5. The molecule has 0 nitrogen and oxygen atoms in total. The third-order valence-electron chi connectivity index (χ3n) is 1.46. The molecule has 0 aliphatic heterocycles. The molecule has 0 bridgehead atoms. The van der Waals surface area contributed by atoms with Gasteiger partial charge in [-0.2, -0.15) is 8.78 Å². The van der Waals surface area contributed by atoms with E-state index in [-0.39, 0.29) is 0 Å². The van der Waals surface area contributed by atoms with E-state index < -0.39 is 9.47 Å². The summed E-state index contributed by atoms with van der Waals surface area (Å²) in [6.07, 6.45) is 2.62. The first-order valence-electron chi connectivity index (χ1n) is 3.73. The van der Waals surface area contributed by atoms with Crippen LogP contribution in [0.1, 0.15) is 11.1 Å². The van der Waals surface area contributed by atoms with Crippen molar-refractivity contribution in [3.8, 4) is 0 Å². The summed E-state index contributed by atoms with van der Waals surface area (Å²) in [5.74, 6) is 0. The molecule has 0 unspecified atom stereocenters. The minimum absolute atomic E-state index is 0.460. The van der Waals surface area contributed by atoms with Crippen LogP contribution in [0.5, 0.6) is 0 Å². The highest BCUT2D eigenvalue weighted by molar-refractivity contribution is 9.11. The maximum absolute atomic E-state index is 12.5. The topological polar surface area (TPSA) is 0 Å². The molecule has 0 spiro atoms. The van der Waals surface area contributed by atoms with Crippen LogP contribution in [0, 0.1) is 0 Å². The lowest BCUT2D eigenvalue weighted by Gasteiger charge is -1.96. The van der Waals surface area contributed by atoms with Crippen molar-refractivity contribution < 1.29 is 8.78 Å². The molecule has 4 heteroatoms. The minimum Gasteiger partial charge on any atom is -0.199 e. The fourth-order valence-corrected chi connectivity index (χ4v) is 1.52. The van der Waals surface area contributed by atoms with Crippen molar-refractivity contribution in [3.63, 3.8) is 0 Å². The van der Waals surface area contributed by atoms with E-state index in [0.29, 0.717) is 11.1 Å². The van der Waals surface area contributed by atoms with E-state index in [1.165, 1.54) is 12.2 Å². The molecule has 74 valence electrons. The number of halogens is 4. The largest absolute Gasteiger partial charge is 0.199 e. The van der Waals surface area contributed by atoms with Crippen LogP contribution in [-0.4, -0.2) is 0 Å². The van der Waals surface area contributed by atoms with Gasteiger partial charge in [0.25, 0.3) is 0 Å². The van der Waals surface area contributed by atoms with Gasteiger partial charge in [-0.15, -0.1) is 0 Å². The third-order valence-corrected chi connectivity index (χ3v) is 1.92. The minimum atomic E-state index is -0.460. The molecule has 0 radical (unpaired) electrons. The Morgan fingerprint density at radius 3 is 1.79 bits per heavy atom. The highest BCUT2D eigenvalue weighted by Crippen LogP contribution is 2.17. The average Bonchev–Trinajstić information content (AvgIpc) is 2.01. The summed E-state index contributed by atoms with van der Waals surface area (Å²) in [6.45, 7) is 0. The lowest BCUT2D eigenvalue weighted by molar-refractivity contribution is 0.711. The molecular formula is C10H6Br2F2. The first-order chi connectivity index (χ1) is 6.58. The fraction of sp³-hybridized carbons (Fsp3) is 0. The highest BCUT2D eigenvalue weighted by atomic mass is 79.9. The second-order valence-electron chi connectivity index (χ2n) is 2.54. The van der Waals surface area contributed by atoms with Gasteiger partial charge in [0, 0.05) is 0 Å². The monoisotopic (exact) mass is 322 g/mol. The molecule has 1 aromatic rings. The van der Waals surface area contributed by atoms with Crippen LogP contribution in [0.2, 0.25) is 0 Å². The van der Waals surface area contributed by atoms with Gasteiger partial charge in [-0.25, -0.2) is 0 Å². The molecule has 0 aromatic heterocycles. The summed E-state index contributed by atoms with van der Waals surface area (Å²) in [5, 5.41) is 0. The molecule has 0 saturated carbocycles. The Labute approximate surface area is 97.6 Å². The summed E-state index contributed by atoms with van der Waals surface area (Å²) < 4.78 is 24.0. The van der Waals surface area contributed by atoms with E-state index in [1.54, 1.807) is 24.3 Å². The summed E-state index contributed by atoms with van der Waals surface area (Å²) >= 11 is 5.36. The Balaban J connectivity index is 3.01. The van der Waals surface area contributed by atoms with Gasteiger partial charge in [-0.05, 0) is 61.2 Å². The Hall–Kier alpha value is -0.480. The normalized spacial score (nSPS) is 13.1. The van der Waals surface area contributed by atoms with Crippen LogP contribution in [0.25, 0.3) is 12.2 Å². The van der Waals surface area contributed by atoms with Crippen molar-refractivity contribution in [2.75, 3.05) is 0 Å². The third kappa shape index (κ3) is 4.15. The molecule has 0 heterocycles. The van der Waals surface area contributed by atoms with Crippen LogP contribution in [0.15, 0.2) is 33.7 Å². The quantitative estimate of drug-likeness (QED) is 0.717. The zero-order valence-electron chi connectivity index (χ0n) is 6.98. The Morgan fingerprint density at radius 1 is 1.00 bits per heavy atom. The Kier molecular flexibility index (Phi) is 4.48. The van der Waals surface area contributed by atoms with E-state index in [1.807, 2.05) is 0 Å². The highest BCUT2D eigenvalue weighted by Gasteiger charge is 1.94. The first-order valence-corrected chi connectivity index (χ1v) is 5.32. The van der Waals surface area contributed by atoms with E-state index in [9.17, 15) is 8.78 Å². The van der Waals surface area contributed by atoms with Crippen molar-refractivity contribution in [1.82, 2.24) is 0 Å². The molecule has 1 aromatic carbocycles. The van der Waals surface area contributed by atoms with Gasteiger partial charge in [-0.3, -0.25) is 0 Å². The zero-order chi connectivity index (χ0) is 10.6. The SMILES string of the molecule is F/C(Br)=C/c1cccc(/C=C(\F)Br)c1. The lowest BCUT2D eigenvalue weighted by Crippen LogP contribution is -1.75. The van der Waals surface area contributed by atoms with Gasteiger partial charge < -0.3 is 0 Å². The summed E-state index contributed by atoms with van der Waals surface area (Å²) in [7, 11) is 0. The van der Waals surface area contributed by atoms with Crippen LogP contribution < -0.4 is 0 Å². The second kappa shape index (κ2) is 5.41. The van der Waals surface area contributed by atoms with Gasteiger partial charge in [0.1, 0.15) is 0 Å². The van der Waals surface area contributed by atoms with Crippen molar-refractivity contribution in [1.29, 1.82) is 0 Å². The average molecular weight is 324 g/mol. The standard InChI is InChI=1S/C10H6Br2F2/c11-9(13)5-7-2-1-3-8(4-7)6-10(12)14/h1-6H/b9-5-,10-6+. The molecule has 0 N–H and O–H groups in total. The summed E-state index contributed by atoms with van der Waals surface area (Å²) in [6, 6.07) is 6.85. The predicted molar refractivity (Wildman–Crippen MR) is 62.5 cm³/mol. The molecule has 0 aliphatic carbocycles. The van der Waals surface area contributed by atoms with E-state index in [2.05, 4.69) is 31.9 Å². The van der Waals surface area contributed by atoms with Gasteiger partial charge in [0.2, 0.25) is 0 Å². The molecule has 1 rings (SSSR count). The lowest BCUT2D eigenvalue weighted by atomic mass is 10.1. The van der Waals surface area contributed by atoms with Crippen molar-refractivity contribution in [2.45, 2.75) is 0 Å². The predicted octanol–water partition coefficient (Wildman–Crippen LogP) is 5.01. The van der Waals surface area contributed by atoms with Crippen LogP contribution in [0.3, 0.4) is 0 Å². The van der Waals surface area contributed by atoms with Crippen molar-refractivity contribution >= 4 is 44.0 Å². The van der Waals surface area contributed by atoms with Crippen LogP contribution >= 0.6 is 31.9 Å². The van der Waals surface area contributed by atoms with Crippen LogP contribution in [-0.2, 0) is 0 Å². The molecule has 0 amide bonds. The van der Waals surface area contributed by atoms with Crippen molar-refractivity contribution in [2.24, 2.45) is 0 Å². The maximum Gasteiger partial charge on any atom is 0.166 e. The van der Waals surface area contributed by atoms with Gasteiger partial charge >= 0.3 is 0 Å². The van der Waals surface area contributed by atoms with E-state index >= 15 is 0 Å². The molecule has 0 atom stereocenters. The molecule has 0 fully saturated rings. The molecular weight excluding hydrogens is 318 g/mol.